The summed E-state index contributed by atoms with van der Waals surface area (Å²) in [5.41, 5.74) is 0.662. The molecule has 1 saturated carbocycles. The lowest BCUT2D eigenvalue weighted by atomic mass is 10.1. The second-order valence-corrected chi connectivity index (χ2v) is 7.99. The van der Waals surface area contributed by atoms with Crippen LogP contribution in [0.1, 0.15) is 49.4 Å². The molecule has 3 fully saturated rings. The summed E-state index contributed by atoms with van der Waals surface area (Å²) in [6.45, 7) is 6.59. The number of nitrogens with zero attached hydrogens (tertiary/aromatic N) is 3. The molecule has 0 N–H and O–H groups in total. The van der Waals surface area contributed by atoms with E-state index in [1.54, 1.807) is 6.20 Å². The van der Waals surface area contributed by atoms with Crippen molar-refractivity contribution in [3.8, 4) is 0 Å². The maximum Gasteiger partial charge on any atom is 0.255 e. The van der Waals surface area contributed by atoms with Crippen molar-refractivity contribution in [1.82, 2.24) is 9.88 Å². The van der Waals surface area contributed by atoms with E-state index in [2.05, 4.69) is 16.8 Å². The Morgan fingerprint density at radius 1 is 1.22 bits per heavy atom. The van der Waals surface area contributed by atoms with Crippen LogP contribution in [0.25, 0.3) is 0 Å². The zero-order valence-corrected chi connectivity index (χ0v) is 16.3. The van der Waals surface area contributed by atoms with Gasteiger partial charge in [0, 0.05) is 32.4 Å². The highest BCUT2D eigenvalue weighted by atomic mass is 16.5. The van der Waals surface area contributed by atoms with Crippen LogP contribution in [0.2, 0.25) is 0 Å². The largest absolute Gasteiger partial charge is 0.378 e. The van der Waals surface area contributed by atoms with Gasteiger partial charge < -0.3 is 19.3 Å². The first-order valence-corrected chi connectivity index (χ1v) is 10.5. The number of unbranched alkanes of at least 4 members (excludes halogenated alkanes) is 1. The summed E-state index contributed by atoms with van der Waals surface area (Å²) in [6, 6.07) is 3.92. The Morgan fingerprint density at radius 3 is 2.70 bits per heavy atom. The van der Waals surface area contributed by atoms with Gasteiger partial charge in [0.25, 0.3) is 5.91 Å². The number of carbonyl (C=O) groups excluding carboxylic acids is 1. The predicted molar refractivity (Wildman–Crippen MR) is 104 cm³/mol. The summed E-state index contributed by atoms with van der Waals surface area (Å²) in [5.74, 6) is 1.74. The molecule has 0 radical (unpaired) electrons. The van der Waals surface area contributed by atoms with Crippen molar-refractivity contribution in [2.45, 2.75) is 51.2 Å². The highest BCUT2D eigenvalue weighted by Crippen LogP contribution is 2.38. The molecule has 0 spiro atoms. The van der Waals surface area contributed by atoms with E-state index < -0.39 is 0 Å². The van der Waals surface area contributed by atoms with E-state index in [1.807, 2.05) is 17.0 Å². The molecule has 27 heavy (non-hydrogen) atoms. The van der Waals surface area contributed by atoms with Gasteiger partial charge in [-0.1, -0.05) is 19.8 Å². The van der Waals surface area contributed by atoms with Gasteiger partial charge in [0.2, 0.25) is 0 Å². The fraction of sp³-hybridized carbons (Fsp3) is 0.714. The Bertz CT molecular complexity index is 626. The molecule has 6 nitrogen and oxygen atoms in total. The zero-order valence-electron chi connectivity index (χ0n) is 16.3. The van der Waals surface area contributed by atoms with E-state index in [9.17, 15) is 4.79 Å². The van der Waals surface area contributed by atoms with Gasteiger partial charge in [-0.05, 0) is 37.3 Å². The zero-order chi connectivity index (χ0) is 18.6. The van der Waals surface area contributed by atoms with Crippen molar-refractivity contribution in [1.29, 1.82) is 0 Å². The summed E-state index contributed by atoms with van der Waals surface area (Å²) in [5, 5.41) is 0. The molecule has 2 saturated heterocycles. The van der Waals surface area contributed by atoms with Crippen molar-refractivity contribution >= 4 is 11.7 Å². The van der Waals surface area contributed by atoms with Crippen LogP contribution >= 0.6 is 0 Å². The van der Waals surface area contributed by atoms with Gasteiger partial charge in [-0.2, -0.15) is 0 Å². The first-order valence-electron chi connectivity index (χ1n) is 10.5. The van der Waals surface area contributed by atoms with Crippen LogP contribution in [0.3, 0.4) is 0 Å². The van der Waals surface area contributed by atoms with Crippen molar-refractivity contribution in [3.05, 3.63) is 23.9 Å². The third kappa shape index (κ3) is 4.61. The minimum absolute atomic E-state index is 0.0519. The maximum atomic E-state index is 12.6. The number of carbonyl (C=O) groups is 1. The Hall–Kier alpha value is -1.66. The Balaban J connectivity index is 1.42. The average Bonchev–Trinajstić information content (AvgIpc) is 3.58. The van der Waals surface area contributed by atoms with E-state index in [0.717, 1.165) is 31.2 Å². The van der Waals surface area contributed by atoms with Gasteiger partial charge in [0.15, 0.2) is 0 Å². The van der Waals surface area contributed by atoms with Crippen LogP contribution in [0.4, 0.5) is 5.82 Å². The number of morpholine rings is 2. The van der Waals surface area contributed by atoms with Crippen LogP contribution in [0.15, 0.2) is 18.3 Å². The molecule has 2 atom stereocenters. The van der Waals surface area contributed by atoms with E-state index >= 15 is 0 Å². The van der Waals surface area contributed by atoms with Gasteiger partial charge in [-0.3, -0.25) is 4.79 Å². The summed E-state index contributed by atoms with van der Waals surface area (Å²) in [4.78, 5) is 21.4. The Labute approximate surface area is 161 Å². The van der Waals surface area contributed by atoms with Crippen LogP contribution in [0, 0.1) is 5.92 Å². The molecule has 0 bridgehead atoms. The fourth-order valence-corrected chi connectivity index (χ4v) is 4.03. The number of hydrogen-bond donors (Lipinski definition) is 0. The van der Waals surface area contributed by atoms with Crippen molar-refractivity contribution < 1.29 is 14.3 Å². The summed E-state index contributed by atoms with van der Waals surface area (Å²) in [6.07, 6.45) is 8.46. The van der Waals surface area contributed by atoms with Gasteiger partial charge in [0.05, 0.1) is 31.0 Å². The molecule has 1 aromatic rings. The molecule has 1 aliphatic carbocycles. The van der Waals surface area contributed by atoms with Crippen molar-refractivity contribution in [3.63, 3.8) is 0 Å². The lowest BCUT2D eigenvalue weighted by Crippen LogP contribution is -2.49. The number of ether oxygens (including phenoxy) is 2. The predicted octanol–water partition coefficient (Wildman–Crippen LogP) is 2.73. The lowest BCUT2D eigenvalue weighted by molar-refractivity contribution is -0.0411. The normalized spacial score (nSPS) is 26.3. The highest BCUT2D eigenvalue weighted by molar-refractivity contribution is 5.94. The van der Waals surface area contributed by atoms with Gasteiger partial charge >= 0.3 is 0 Å². The molecule has 4 rings (SSSR count). The number of rotatable bonds is 6. The molecular weight excluding hydrogens is 342 g/mol. The molecule has 148 valence electrons. The smallest absolute Gasteiger partial charge is 0.255 e. The molecule has 0 unspecified atom stereocenters. The summed E-state index contributed by atoms with van der Waals surface area (Å²) in [7, 11) is 0. The molecule has 3 heterocycles. The first kappa shape index (κ1) is 18.7. The topological polar surface area (TPSA) is 54.9 Å². The standard InChI is InChI=1S/C21H31N3O3/c1-2-3-4-18-14-24(15-19(27-18)16-5-6-16)20-8-7-17(13-22-20)21(25)23-9-11-26-12-10-23/h7-8,13,16,18-19H,2-6,9-12,14-15H2,1H3/t18-,19-/m1/s1. The van der Waals surface area contributed by atoms with Gasteiger partial charge in [-0.15, -0.1) is 0 Å². The van der Waals surface area contributed by atoms with Crippen LogP contribution in [-0.2, 0) is 9.47 Å². The van der Waals surface area contributed by atoms with Crippen molar-refractivity contribution in [2.24, 2.45) is 5.92 Å². The maximum absolute atomic E-state index is 12.6. The quantitative estimate of drug-likeness (QED) is 0.767. The number of pyridine rings is 1. The minimum Gasteiger partial charge on any atom is -0.378 e. The highest BCUT2D eigenvalue weighted by Gasteiger charge is 2.38. The van der Waals surface area contributed by atoms with Crippen LogP contribution in [0.5, 0.6) is 0 Å². The first-order chi connectivity index (χ1) is 13.2. The molecule has 0 aromatic carbocycles. The van der Waals surface area contributed by atoms with Crippen molar-refractivity contribution in [2.75, 3.05) is 44.3 Å². The molecule has 3 aliphatic rings. The molecule has 1 aromatic heterocycles. The number of anilines is 1. The van der Waals surface area contributed by atoms with Gasteiger partial charge in [-0.25, -0.2) is 4.98 Å². The van der Waals surface area contributed by atoms with Crippen LogP contribution < -0.4 is 4.90 Å². The third-order valence-corrected chi connectivity index (χ3v) is 5.84. The second-order valence-electron chi connectivity index (χ2n) is 7.99. The van der Waals surface area contributed by atoms with E-state index in [4.69, 9.17) is 9.47 Å². The molecule has 1 amide bonds. The lowest BCUT2D eigenvalue weighted by Gasteiger charge is -2.39. The Morgan fingerprint density at radius 2 is 2.04 bits per heavy atom. The summed E-state index contributed by atoms with van der Waals surface area (Å²) < 4.78 is 11.7. The molecule has 6 heteroatoms. The van der Waals surface area contributed by atoms with E-state index in [1.165, 1.54) is 25.7 Å². The fourth-order valence-electron chi connectivity index (χ4n) is 4.03. The number of aromatic nitrogens is 1. The molecule has 2 aliphatic heterocycles. The molecular formula is C21H31N3O3. The Kier molecular flexibility index (Phi) is 5.93. The average molecular weight is 373 g/mol. The number of hydrogen-bond acceptors (Lipinski definition) is 5. The number of amides is 1. The van der Waals surface area contributed by atoms with Crippen LogP contribution in [-0.4, -0.2) is 67.4 Å². The van der Waals surface area contributed by atoms with E-state index in [0.29, 0.717) is 44.1 Å². The van der Waals surface area contributed by atoms with Gasteiger partial charge in [0.1, 0.15) is 5.82 Å². The second kappa shape index (κ2) is 8.57. The van der Waals surface area contributed by atoms with E-state index in [-0.39, 0.29) is 5.91 Å². The summed E-state index contributed by atoms with van der Waals surface area (Å²) >= 11 is 0. The SMILES string of the molecule is CCCC[C@@H]1CN(c2ccc(C(=O)N3CCOCC3)cn2)C[C@H](C2CC2)O1. The monoisotopic (exact) mass is 373 g/mol. The third-order valence-electron chi connectivity index (χ3n) is 5.84. The minimum atomic E-state index is 0.0519.